The average molecular weight is 265 g/mol. The number of carboxylic acid groups (broad SMARTS) is 1. The van der Waals surface area contributed by atoms with Crippen LogP contribution in [0.3, 0.4) is 0 Å². The van der Waals surface area contributed by atoms with Gasteiger partial charge in [0, 0.05) is 6.42 Å². The SMILES string of the molecule is CCC(C)CC(=O)Nc1ccccc1OCC(=O)O. The van der Waals surface area contributed by atoms with Crippen LogP contribution in [-0.4, -0.2) is 23.6 Å². The van der Waals surface area contributed by atoms with Crippen molar-refractivity contribution in [3.63, 3.8) is 0 Å². The molecule has 1 unspecified atom stereocenters. The van der Waals surface area contributed by atoms with Crippen molar-refractivity contribution < 1.29 is 19.4 Å². The Morgan fingerprint density at radius 3 is 2.68 bits per heavy atom. The molecule has 1 aromatic rings. The van der Waals surface area contributed by atoms with Crippen molar-refractivity contribution in [3.8, 4) is 5.75 Å². The van der Waals surface area contributed by atoms with Crippen LogP contribution < -0.4 is 10.1 Å². The van der Waals surface area contributed by atoms with Crippen molar-refractivity contribution in [2.24, 2.45) is 5.92 Å². The Morgan fingerprint density at radius 1 is 1.37 bits per heavy atom. The van der Waals surface area contributed by atoms with E-state index in [9.17, 15) is 9.59 Å². The zero-order valence-electron chi connectivity index (χ0n) is 11.2. The first-order chi connectivity index (χ1) is 9.02. The summed E-state index contributed by atoms with van der Waals surface area (Å²) in [5, 5.41) is 11.3. The maximum atomic E-state index is 11.8. The largest absolute Gasteiger partial charge is 0.480 e. The third-order valence-electron chi connectivity index (χ3n) is 2.74. The molecule has 1 amide bonds. The normalized spacial score (nSPS) is 11.7. The summed E-state index contributed by atoms with van der Waals surface area (Å²) < 4.78 is 5.12. The van der Waals surface area contributed by atoms with Crippen molar-refractivity contribution in [1.82, 2.24) is 0 Å². The van der Waals surface area contributed by atoms with Gasteiger partial charge in [-0.05, 0) is 18.1 Å². The summed E-state index contributed by atoms with van der Waals surface area (Å²) in [6.07, 6.45) is 1.37. The number of hydrogen-bond acceptors (Lipinski definition) is 3. The van der Waals surface area contributed by atoms with Crippen molar-refractivity contribution in [2.75, 3.05) is 11.9 Å². The van der Waals surface area contributed by atoms with Gasteiger partial charge in [-0.25, -0.2) is 4.79 Å². The highest BCUT2D eigenvalue weighted by Gasteiger charge is 2.11. The van der Waals surface area contributed by atoms with E-state index in [1.54, 1.807) is 24.3 Å². The molecule has 0 saturated carbocycles. The van der Waals surface area contributed by atoms with Crippen LogP contribution in [0.1, 0.15) is 26.7 Å². The quantitative estimate of drug-likeness (QED) is 0.794. The second kappa shape index (κ2) is 7.41. The number of nitrogens with one attached hydrogen (secondary N) is 1. The lowest BCUT2D eigenvalue weighted by Crippen LogP contribution is -2.16. The van der Waals surface area contributed by atoms with Crippen LogP contribution in [-0.2, 0) is 9.59 Å². The molecule has 0 aliphatic heterocycles. The fourth-order valence-corrected chi connectivity index (χ4v) is 1.50. The second-order valence-electron chi connectivity index (χ2n) is 4.44. The maximum Gasteiger partial charge on any atom is 0.341 e. The molecular weight excluding hydrogens is 246 g/mol. The molecule has 0 heterocycles. The number of hydrogen-bond donors (Lipinski definition) is 2. The summed E-state index contributed by atoms with van der Waals surface area (Å²) in [5.41, 5.74) is 0.497. The standard InChI is InChI=1S/C14H19NO4/c1-3-10(2)8-13(16)15-11-6-4-5-7-12(11)19-9-14(17)18/h4-7,10H,3,8-9H2,1-2H3,(H,15,16)(H,17,18). The molecule has 1 aromatic carbocycles. The van der Waals surface area contributed by atoms with Gasteiger partial charge in [0.1, 0.15) is 5.75 Å². The summed E-state index contributed by atoms with van der Waals surface area (Å²) in [4.78, 5) is 22.3. The summed E-state index contributed by atoms with van der Waals surface area (Å²) in [6.45, 7) is 3.60. The summed E-state index contributed by atoms with van der Waals surface area (Å²) in [5.74, 6) is -0.476. The van der Waals surface area contributed by atoms with Crippen molar-refractivity contribution in [2.45, 2.75) is 26.7 Å². The highest BCUT2D eigenvalue weighted by atomic mass is 16.5. The van der Waals surface area contributed by atoms with Gasteiger partial charge in [0.2, 0.25) is 5.91 Å². The monoisotopic (exact) mass is 265 g/mol. The molecule has 0 spiro atoms. The molecule has 0 bridgehead atoms. The van der Waals surface area contributed by atoms with E-state index in [1.807, 2.05) is 13.8 Å². The first-order valence-electron chi connectivity index (χ1n) is 6.26. The predicted octanol–water partition coefficient (Wildman–Crippen LogP) is 2.52. The molecule has 5 nitrogen and oxygen atoms in total. The van der Waals surface area contributed by atoms with Crippen molar-refractivity contribution >= 4 is 17.6 Å². The lowest BCUT2D eigenvalue weighted by Gasteiger charge is -2.12. The summed E-state index contributed by atoms with van der Waals surface area (Å²) in [6, 6.07) is 6.79. The molecular formula is C14H19NO4. The fraction of sp³-hybridized carbons (Fsp3) is 0.429. The highest BCUT2D eigenvalue weighted by molar-refractivity contribution is 5.92. The summed E-state index contributed by atoms with van der Waals surface area (Å²) in [7, 11) is 0. The molecule has 0 saturated heterocycles. The van der Waals surface area contributed by atoms with E-state index in [-0.39, 0.29) is 5.91 Å². The van der Waals surface area contributed by atoms with E-state index < -0.39 is 12.6 Å². The molecule has 1 atom stereocenters. The molecule has 0 aromatic heterocycles. The number of ether oxygens (including phenoxy) is 1. The Kier molecular flexibility index (Phi) is 5.85. The number of aliphatic carboxylic acids is 1. The van der Waals surface area contributed by atoms with E-state index in [0.717, 1.165) is 6.42 Å². The van der Waals surface area contributed by atoms with Crippen molar-refractivity contribution in [3.05, 3.63) is 24.3 Å². The molecule has 1 rings (SSSR count). The van der Waals surface area contributed by atoms with Crippen molar-refractivity contribution in [1.29, 1.82) is 0 Å². The van der Waals surface area contributed by atoms with E-state index >= 15 is 0 Å². The highest BCUT2D eigenvalue weighted by Crippen LogP contribution is 2.24. The molecule has 5 heteroatoms. The molecule has 0 radical (unpaired) electrons. The lowest BCUT2D eigenvalue weighted by atomic mass is 10.1. The van der Waals surface area contributed by atoms with E-state index in [0.29, 0.717) is 23.8 Å². The first kappa shape index (κ1) is 15.0. The Morgan fingerprint density at radius 2 is 2.05 bits per heavy atom. The van der Waals surface area contributed by atoms with Crippen LogP contribution in [0.15, 0.2) is 24.3 Å². The van der Waals surface area contributed by atoms with Gasteiger partial charge in [-0.2, -0.15) is 0 Å². The Bertz CT molecular complexity index is 445. The van der Waals surface area contributed by atoms with Crippen LogP contribution in [0.2, 0.25) is 0 Å². The maximum absolute atomic E-state index is 11.8. The van der Waals surface area contributed by atoms with Gasteiger partial charge in [0.15, 0.2) is 6.61 Å². The number of para-hydroxylation sites is 2. The van der Waals surface area contributed by atoms with Gasteiger partial charge in [-0.1, -0.05) is 32.4 Å². The van der Waals surface area contributed by atoms with Crippen LogP contribution in [0.25, 0.3) is 0 Å². The minimum Gasteiger partial charge on any atom is -0.480 e. The smallest absolute Gasteiger partial charge is 0.341 e. The zero-order chi connectivity index (χ0) is 14.3. The Labute approximate surface area is 112 Å². The number of carbonyl (C=O) groups excluding carboxylic acids is 1. The number of carboxylic acids is 1. The van der Waals surface area contributed by atoms with Crippen LogP contribution in [0, 0.1) is 5.92 Å². The lowest BCUT2D eigenvalue weighted by molar-refractivity contribution is -0.139. The summed E-state index contributed by atoms with van der Waals surface area (Å²) >= 11 is 0. The molecule has 0 aliphatic rings. The van der Waals surface area contributed by atoms with Gasteiger partial charge in [-0.15, -0.1) is 0 Å². The topological polar surface area (TPSA) is 75.6 Å². The number of carbonyl (C=O) groups is 2. The minimum absolute atomic E-state index is 0.0966. The third-order valence-corrected chi connectivity index (χ3v) is 2.74. The number of anilines is 1. The third kappa shape index (κ3) is 5.42. The van der Waals surface area contributed by atoms with Gasteiger partial charge in [0.25, 0.3) is 0 Å². The number of amides is 1. The molecule has 0 aliphatic carbocycles. The van der Waals surface area contributed by atoms with E-state index in [1.165, 1.54) is 0 Å². The van der Waals surface area contributed by atoms with Crippen LogP contribution in [0.4, 0.5) is 5.69 Å². The van der Waals surface area contributed by atoms with E-state index in [4.69, 9.17) is 9.84 Å². The Balaban J connectivity index is 2.66. The number of benzene rings is 1. The van der Waals surface area contributed by atoms with Crippen LogP contribution >= 0.6 is 0 Å². The Hall–Kier alpha value is -2.04. The molecule has 0 fully saturated rings. The molecule has 19 heavy (non-hydrogen) atoms. The fourth-order valence-electron chi connectivity index (χ4n) is 1.50. The molecule has 104 valence electrons. The van der Waals surface area contributed by atoms with E-state index in [2.05, 4.69) is 5.32 Å². The zero-order valence-corrected chi connectivity index (χ0v) is 11.2. The van der Waals surface area contributed by atoms with Gasteiger partial charge >= 0.3 is 5.97 Å². The van der Waals surface area contributed by atoms with Gasteiger partial charge in [0.05, 0.1) is 5.69 Å². The molecule has 2 N–H and O–H groups in total. The average Bonchev–Trinajstić information content (AvgIpc) is 2.37. The first-order valence-corrected chi connectivity index (χ1v) is 6.26. The van der Waals surface area contributed by atoms with Crippen LogP contribution in [0.5, 0.6) is 5.75 Å². The predicted molar refractivity (Wildman–Crippen MR) is 72.3 cm³/mol. The minimum atomic E-state index is -1.05. The van der Waals surface area contributed by atoms with Gasteiger partial charge < -0.3 is 15.2 Å². The number of rotatable bonds is 7. The van der Waals surface area contributed by atoms with Gasteiger partial charge in [-0.3, -0.25) is 4.79 Å². The second-order valence-corrected chi connectivity index (χ2v) is 4.44.